The Labute approximate surface area is 67.6 Å². The average molecular weight is 159 g/mol. The van der Waals surface area contributed by atoms with Gasteiger partial charge in [0.2, 0.25) is 0 Å². The summed E-state index contributed by atoms with van der Waals surface area (Å²) in [4.78, 5) is 2.22. The molecule has 0 aromatic carbocycles. The SMILES string of the molecule is CC1CC(O)CN1CCCO. The van der Waals surface area contributed by atoms with Crippen LogP contribution in [-0.2, 0) is 0 Å². The van der Waals surface area contributed by atoms with Crippen LogP contribution in [0.25, 0.3) is 0 Å². The molecule has 3 nitrogen and oxygen atoms in total. The predicted molar refractivity (Wildman–Crippen MR) is 43.4 cm³/mol. The fourth-order valence-corrected chi connectivity index (χ4v) is 1.65. The third kappa shape index (κ3) is 2.43. The number of rotatable bonds is 3. The van der Waals surface area contributed by atoms with Gasteiger partial charge in [0.1, 0.15) is 0 Å². The van der Waals surface area contributed by atoms with Gasteiger partial charge in [-0.3, -0.25) is 4.90 Å². The van der Waals surface area contributed by atoms with Crippen molar-refractivity contribution in [1.29, 1.82) is 0 Å². The molecule has 0 aromatic rings. The van der Waals surface area contributed by atoms with Crippen LogP contribution in [0, 0.1) is 0 Å². The molecule has 66 valence electrons. The summed E-state index contributed by atoms with van der Waals surface area (Å²) in [5.41, 5.74) is 0. The van der Waals surface area contributed by atoms with Crippen molar-refractivity contribution in [3.8, 4) is 0 Å². The van der Waals surface area contributed by atoms with Gasteiger partial charge in [0.25, 0.3) is 0 Å². The summed E-state index contributed by atoms with van der Waals surface area (Å²) in [5, 5.41) is 17.9. The maximum absolute atomic E-state index is 9.27. The molecular weight excluding hydrogens is 142 g/mol. The first-order valence-electron chi connectivity index (χ1n) is 4.27. The van der Waals surface area contributed by atoms with Gasteiger partial charge in [-0.2, -0.15) is 0 Å². The molecule has 1 saturated heterocycles. The Morgan fingerprint density at radius 3 is 2.73 bits per heavy atom. The minimum Gasteiger partial charge on any atom is -0.396 e. The van der Waals surface area contributed by atoms with Crippen LogP contribution in [-0.4, -0.2) is 47.0 Å². The summed E-state index contributed by atoms with van der Waals surface area (Å²) in [7, 11) is 0. The van der Waals surface area contributed by atoms with Crippen LogP contribution < -0.4 is 0 Å². The van der Waals surface area contributed by atoms with Crippen LogP contribution in [0.1, 0.15) is 19.8 Å². The smallest absolute Gasteiger partial charge is 0.0682 e. The molecule has 0 radical (unpaired) electrons. The van der Waals surface area contributed by atoms with Gasteiger partial charge in [0.15, 0.2) is 0 Å². The van der Waals surface area contributed by atoms with E-state index in [9.17, 15) is 5.11 Å². The maximum Gasteiger partial charge on any atom is 0.0682 e. The largest absolute Gasteiger partial charge is 0.396 e. The van der Waals surface area contributed by atoms with E-state index in [1.807, 2.05) is 0 Å². The molecule has 1 aliphatic heterocycles. The Kier molecular flexibility index (Phi) is 3.30. The number of aliphatic hydroxyl groups excluding tert-OH is 2. The minimum atomic E-state index is -0.149. The van der Waals surface area contributed by atoms with Gasteiger partial charge in [-0.1, -0.05) is 0 Å². The molecule has 2 atom stereocenters. The number of hydrogen-bond donors (Lipinski definition) is 2. The average Bonchev–Trinajstić information content (AvgIpc) is 2.26. The summed E-state index contributed by atoms with van der Waals surface area (Å²) < 4.78 is 0. The number of nitrogens with zero attached hydrogens (tertiary/aromatic N) is 1. The molecule has 0 saturated carbocycles. The molecule has 0 spiro atoms. The van der Waals surface area contributed by atoms with Gasteiger partial charge < -0.3 is 10.2 Å². The zero-order valence-electron chi connectivity index (χ0n) is 7.03. The fourth-order valence-electron chi connectivity index (χ4n) is 1.65. The van der Waals surface area contributed by atoms with Gasteiger partial charge >= 0.3 is 0 Å². The van der Waals surface area contributed by atoms with Crippen LogP contribution >= 0.6 is 0 Å². The van der Waals surface area contributed by atoms with E-state index < -0.39 is 0 Å². The molecular formula is C8H17NO2. The highest BCUT2D eigenvalue weighted by atomic mass is 16.3. The number of hydrogen-bond acceptors (Lipinski definition) is 3. The Bertz CT molecular complexity index is 119. The van der Waals surface area contributed by atoms with Crippen molar-refractivity contribution < 1.29 is 10.2 Å². The predicted octanol–water partition coefficient (Wildman–Crippen LogP) is -0.176. The van der Waals surface area contributed by atoms with Crippen LogP contribution in [0.4, 0.5) is 0 Å². The Morgan fingerprint density at radius 2 is 2.27 bits per heavy atom. The molecule has 0 aliphatic carbocycles. The molecule has 0 amide bonds. The van der Waals surface area contributed by atoms with Crippen molar-refractivity contribution in [2.75, 3.05) is 19.7 Å². The van der Waals surface area contributed by atoms with E-state index in [0.29, 0.717) is 6.04 Å². The van der Waals surface area contributed by atoms with Crippen LogP contribution in [0.15, 0.2) is 0 Å². The lowest BCUT2D eigenvalue weighted by Crippen LogP contribution is -2.29. The number of likely N-dealkylation sites (tertiary alicyclic amines) is 1. The molecule has 1 rings (SSSR count). The van der Waals surface area contributed by atoms with Crippen molar-refractivity contribution in [3.05, 3.63) is 0 Å². The molecule has 2 unspecified atom stereocenters. The summed E-state index contributed by atoms with van der Waals surface area (Å²) >= 11 is 0. The van der Waals surface area contributed by atoms with E-state index in [-0.39, 0.29) is 12.7 Å². The van der Waals surface area contributed by atoms with Gasteiger partial charge in [-0.05, 0) is 19.8 Å². The minimum absolute atomic E-state index is 0.149. The second kappa shape index (κ2) is 4.04. The molecule has 2 N–H and O–H groups in total. The van der Waals surface area contributed by atoms with E-state index in [4.69, 9.17) is 5.11 Å². The van der Waals surface area contributed by atoms with Crippen LogP contribution in [0.2, 0.25) is 0 Å². The zero-order chi connectivity index (χ0) is 8.27. The summed E-state index contributed by atoms with van der Waals surface area (Å²) in [5.74, 6) is 0. The Morgan fingerprint density at radius 1 is 1.55 bits per heavy atom. The van der Waals surface area contributed by atoms with Crippen molar-refractivity contribution in [1.82, 2.24) is 4.90 Å². The first-order chi connectivity index (χ1) is 5.24. The van der Waals surface area contributed by atoms with Crippen molar-refractivity contribution in [3.63, 3.8) is 0 Å². The maximum atomic E-state index is 9.27. The normalized spacial score (nSPS) is 33.0. The number of β-amino-alcohol motifs (C(OH)–C–C–N with tert-alkyl or cyclic N) is 1. The van der Waals surface area contributed by atoms with E-state index in [2.05, 4.69) is 11.8 Å². The molecule has 1 fully saturated rings. The molecule has 11 heavy (non-hydrogen) atoms. The Balaban J connectivity index is 2.23. The topological polar surface area (TPSA) is 43.7 Å². The highest BCUT2D eigenvalue weighted by Gasteiger charge is 2.26. The highest BCUT2D eigenvalue weighted by Crippen LogP contribution is 2.16. The lowest BCUT2D eigenvalue weighted by atomic mass is 10.2. The van der Waals surface area contributed by atoms with Crippen molar-refractivity contribution in [2.24, 2.45) is 0 Å². The molecule has 0 aromatic heterocycles. The fraction of sp³-hybridized carbons (Fsp3) is 1.00. The third-order valence-electron chi connectivity index (χ3n) is 2.29. The summed E-state index contributed by atoms with van der Waals surface area (Å²) in [6.45, 7) is 4.06. The van der Waals surface area contributed by atoms with Crippen LogP contribution in [0.3, 0.4) is 0 Å². The highest BCUT2D eigenvalue weighted by molar-refractivity contribution is 4.81. The molecule has 0 bridgehead atoms. The van der Waals surface area contributed by atoms with Crippen LogP contribution in [0.5, 0.6) is 0 Å². The van der Waals surface area contributed by atoms with Crippen molar-refractivity contribution in [2.45, 2.75) is 31.9 Å². The second-order valence-corrected chi connectivity index (χ2v) is 3.31. The molecule has 1 aliphatic rings. The van der Waals surface area contributed by atoms with Gasteiger partial charge in [0, 0.05) is 25.7 Å². The van der Waals surface area contributed by atoms with Gasteiger partial charge in [-0.25, -0.2) is 0 Å². The number of aliphatic hydroxyl groups is 2. The summed E-state index contributed by atoms with van der Waals surface area (Å²) in [6, 6.07) is 0.483. The van der Waals surface area contributed by atoms with E-state index in [1.54, 1.807) is 0 Å². The first kappa shape index (κ1) is 8.97. The quantitative estimate of drug-likeness (QED) is 0.600. The molecule has 1 heterocycles. The lowest BCUT2D eigenvalue weighted by Gasteiger charge is -2.19. The summed E-state index contributed by atoms with van der Waals surface area (Å²) in [6.07, 6.45) is 1.55. The second-order valence-electron chi connectivity index (χ2n) is 3.31. The van der Waals surface area contributed by atoms with E-state index >= 15 is 0 Å². The molecule has 3 heteroatoms. The van der Waals surface area contributed by atoms with E-state index in [0.717, 1.165) is 25.9 Å². The van der Waals surface area contributed by atoms with Crippen molar-refractivity contribution >= 4 is 0 Å². The third-order valence-corrected chi connectivity index (χ3v) is 2.29. The van der Waals surface area contributed by atoms with Gasteiger partial charge in [0.05, 0.1) is 6.10 Å². The van der Waals surface area contributed by atoms with E-state index in [1.165, 1.54) is 0 Å². The Hall–Kier alpha value is -0.120. The zero-order valence-corrected chi connectivity index (χ0v) is 7.03. The lowest BCUT2D eigenvalue weighted by molar-refractivity contribution is 0.169. The monoisotopic (exact) mass is 159 g/mol. The first-order valence-corrected chi connectivity index (χ1v) is 4.27. The van der Waals surface area contributed by atoms with Gasteiger partial charge in [-0.15, -0.1) is 0 Å². The standard InChI is InChI=1S/C8H17NO2/c1-7-5-8(11)6-9(7)3-2-4-10/h7-8,10-11H,2-6H2,1H3.